The van der Waals surface area contributed by atoms with Crippen LogP contribution in [0.3, 0.4) is 0 Å². The molecule has 0 saturated carbocycles. The molecular formula is C10H20N2S. The predicted octanol–water partition coefficient (Wildman–Crippen LogP) is 3.45. The first kappa shape index (κ1) is 12.7. The Morgan fingerprint density at radius 1 is 1.31 bits per heavy atom. The highest BCUT2D eigenvalue weighted by atomic mass is 32.2. The van der Waals surface area contributed by atoms with E-state index in [0.717, 1.165) is 5.88 Å². The summed E-state index contributed by atoms with van der Waals surface area (Å²) in [6.07, 6.45) is 2.53. The van der Waals surface area contributed by atoms with Gasteiger partial charge in [0.25, 0.3) is 0 Å². The average Bonchev–Trinajstić information content (AvgIpc) is 2.01. The Labute approximate surface area is 85.9 Å². The predicted molar refractivity (Wildman–Crippen MR) is 61.8 cm³/mol. The number of nitrogens with zero attached hydrogens (tertiary/aromatic N) is 2. The van der Waals surface area contributed by atoms with Crippen molar-refractivity contribution >= 4 is 17.8 Å². The molecule has 0 heterocycles. The zero-order valence-electron chi connectivity index (χ0n) is 9.13. The second-order valence-corrected chi connectivity index (χ2v) is 5.01. The third-order valence-electron chi connectivity index (χ3n) is 1.25. The number of unbranched alkanes of at least 4 members (excludes halogenated alkanes) is 1. The lowest BCUT2D eigenvalue weighted by Crippen LogP contribution is -2.08. The van der Waals surface area contributed by atoms with Gasteiger partial charge in [0.05, 0.1) is 17.4 Å². The fourth-order valence-corrected chi connectivity index (χ4v) is 1.34. The lowest BCUT2D eigenvalue weighted by atomic mass is 10.1. The molecule has 0 unspecified atom stereocenters. The summed E-state index contributed by atoms with van der Waals surface area (Å²) in [6.45, 7) is 8.32. The fraction of sp³-hybridized carbons (Fsp3) is 0.900. The average molecular weight is 200 g/mol. The second-order valence-electron chi connectivity index (χ2n) is 3.93. The highest BCUT2D eigenvalue weighted by molar-refractivity contribution is 7.99. The lowest BCUT2D eigenvalue weighted by Gasteiger charge is -2.06. The first-order valence-corrected chi connectivity index (χ1v) is 5.93. The summed E-state index contributed by atoms with van der Waals surface area (Å²) in [7, 11) is 0. The van der Waals surface area contributed by atoms with Gasteiger partial charge in [0.2, 0.25) is 0 Å². The molecule has 0 aromatic carbocycles. The van der Waals surface area contributed by atoms with Crippen LogP contribution in [0.2, 0.25) is 0 Å². The Hall–Kier alpha value is -0.270. The van der Waals surface area contributed by atoms with Crippen molar-refractivity contribution in [3.8, 4) is 0 Å². The molecule has 76 valence electrons. The Morgan fingerprint density at radius 2 is 2.00 bits per heavy atom. The van der Waals surface area contributed by atoms with Gasteiger partial charge in [-0.05, 0) is 32.9 Å². The summed E-state index contributed by atoms with van der Waals surface area (Å²) in [6, 6.07) is 2.73. The van der Waals surface area contributed by atoms with Gasteiger partial charge < -0.3 is 0 Å². The molecule has 0 rings (SSSR count). The van der Waals surface area contributed by atoms with E-state index in [1.54, 1.807) is 0 Å². The van der Waals surface area contributed by atoms with Crippen LogP contribution in [0, 0.1) is 0 Å². The minimum atomic E-state index is -0.0441. The molecule has 13 heavy (non-hydrogen) atoms. The van der Waals surface area contributed by atoms with Crippen LogP contribution in [0.5, 0.6) is 0 Å². The molecule has 0 amide bonds. The molecule has 0 bridgehead atoms. The first-order valence-electron chi connectivity index (χ1n) is 4.77. The van der Waals surface area contributed by atoms with Crippen molar-refractivity contribution in [1.29, 1.82) is 0 Å². The molecule has 0 aliphatic rings. The van der Waals surface area contributed by atoms with Crippen LogP contribution in [0.4, 0.5) is 0 Å². The summed E-state index contributed by atoms with van der Waals surface area (Å²) in [5, 5.41) is 0. The number of thioether (sulfide) groups is 1. The summed E-state index contributed by atoms with van der Waals surface area (Å²) in [5.41, 5.74) is -0.0441. The lowest BCUT2D eigenvalue weighted by molar-refractivity contribution is 0.587. The quantitative estimate of drug-likeness (QED) is 0.493. The summed E-state index contributed by atoms with van der Waals surface area (Å²) < 4.78 is 0. The third-order valence-corrected chi connectivity index (χ3v) is 2.14. The highest BCUT2D eigenvalue weighted by Gasteiger charge is 2.03. The number of rotatable bonds is 5. The minimum absolute atomic E-state index is 0.0441. The highest BCUT2D eigenvalue weighted by Crippen LogP contribution is 2.05. The Kier molecular flexibility index (Phi) is 7.02. The van der Waals surface area contributed by atoms with Crippen molar-refractivity contribution in [3.05, 3.63) is 0 Å². The zero-order chi connectivity index (χ0) is 10.2. The molecule has 2 nitrogen and oxygen atoms in total. The van der Waals surface area contributed by atoms with E-state index in [0.29, 0.717) is 0 Å². The first-order chi connectivity index (χ1) is 6.06. The third kappa shape index (κ3) is 11.7. The second kappa shape index (κ2) is 7.16. The van der Waals surface area contributed by atoms with Gasteiger partial charge in [0.1, 0.15) is 0 Å². The van der Waals surface area contributed by atoms with Crippen molar-refractivity contribution in [3.63, 3.8) is 0 Å². The Balaban J connectivity index is 3.47. The van der Waals surface area contributed by atoms with Gasteiger partial charge >= 0.3 is 0 Å². The number of hydrogen-bond acceptors (Lipinski definition) is 3. The van der Waals surface area contributed by atoms with Crippen molar-refractivity contribution in [2.45, 2.75) is 46.1 Å². The maximum absolute atomic E-state index is 4.14. The number of hydrogen-bond donors (Lipinski definition) is 0. The maximum Gasteiger partial charge on any atom is 0.0953 e. The summed E-state index contributed by atoms with van der Waals surface area (Å²) in [4.78, 5) is 8.22. The van der Waals surface area contributed by atoms with Gasteiger partial charge in [-0.15, -0.1) is 11.8 Å². The largest absolute Gasteiger partial charge is 0.220 e. The van der Waals surface area contributed by atoms with Crippen molar-refractivity contribution < 1.29 is 0 Å². The van der Waals surface area contributed by atoms with E-state index in [1.807, 2.05) is 32.5 Å². The van der Waals surface area contributed by atoms with Crippen molar-refractivity contribution in [2.75, 3.05) is 11.6 Å². The topological polar surface area (TPSA) is 24.7 Å². The Bertz CT molecular complexity index is 176. The molecule has 0 aliphatic heterocycles. The monoisotopic (exact) mass is 200 g/mol. The molecule has 0 aromatic rings. The normalized spacial score (nSPS) is 10.8. The summed E-state index contributed by atoms with van der Waals surface area (Å²) >= 11 is 1.84. The molecule has 0 N–H and O–H groups in total. The van der Waals surface area contributed by atoms with E-state index in [9.17, 15) is 0 Å². The van der Waals surface area contributed by atoms with Crippen LogP contribution in [0.15, 0.2) is 9.98 Å². The van der Waals surface area contributed by atoms with Crippen LogP contribution in [0.1, 0.15) is 40.5 Å². The van der Waals surface area contributed by atoms with Gasteiger partial charge in [-0.2, -0.15) is 0 Å². The van der Waals surface area contributed by atoms with Crippen LogP contribution in [0.25, 0.3) is 0 Å². The fourth-order valence-electron chi connectivity index (χ4n) is 0.571. The van der Waals surface area contributed by atoms with Crippen LogP contribution < -0.4 is 0 Å². The van der Waals surface area contributed by atoms with Crippen LogP contribution in [-0.4, -0.2) is 23.2 Å². The van der Waals surface area contributed by atoms with E-state index >= 15 is 0 Å². The maximum atomic E-state index is 4.14. The molecule has 3 heteroatoms. The SMILES string of the molecule is CCCCSCN=C=NC(C)(C)C. The molecular weight excluding hydrogens is 180 g/mol. The zero-order valence-corrected chi connectivity index (χ0v) is 9.95. The van der Waals surface area contributed by atoms with Crippen LogP contribution in [-0.2, 0) is 0 Å². The van der Waals surface area contributed by atoms with E-state index < -0.39 is 0 Å². The molecule has 0 saturated heterocycles. The van der Waals surface area contributed by atoms with Gasteiger partial charge in [-0.3, -0.25) is 0 Å². The van der Waals surface area contributed by atoms with Gasteiger partial charge in [-0.1, -0.05) is 13.3 Å². The van der Waals surface area contributed by atoms with E-state index in [1.165, 1.54) is 18.6 Å². The standard InChI is InChI=1S/C10H20N2S/c1-5-6-7-13-9-11-8-12-10(2,3)4/h5-7,9H2,1-4H3. The summed E-state index contributed by atoms with van der Waals surface area (Å²) in [5.74, 6) is 1.98. The van der Waals surface area contributed by atoms with E-state index in [2.05, 4.69) is 22.9 Å². The van der Waals surface area contributed by atoms with E-state index in [-0.39, 0.29) is 5.54 Å². The van der Waals surface area contributed by atoms with Gasteiger partial charge in [-0.25, -0.2) is 9.98 Å². The molecule has 0 aliphatic carbocycles. The van der Waals surface area contributed by atoms with Gasteiger partial charge in [0, 0.05) is 0 Å². The van der Waals surface area contributed by atoms with Crippen LogP contribution >= 0.6 is 11.8 Å². The van der Waals surface area contributed by atoms with Crippen molar-refractivity contribution in [1.82, 2.24) is 0 Å². The van der Waals surface area contributed by atoms with Gasteiger partial charge in [0.15, 0.2) is 0 Å². The van der Waals surface area contributed by atoms with Crippen molar-refractivity contribution in [2.24, 2.45) is 9.98 Å². The molecule has 0 fully saturated rings. The van der Waals surface area contributed by atoms with E-state index in [4.69, 9.17) is 0 Å². The molecule has 0 atom stereocenters. The smallest absolute Gasteiger partial charge is 0.0953 e. The molecule has 0 spiro atoms. The molecule has 0 aromatic heterocycles. The Morgan fingerprint density at radius 3 is 2.54 bits per heavy atom. The minimum Gasteiger partial charge on any atom is -0.220 e. The number of aliphatic imine (C=N–C) groups is 2. The molecule has 0 radical (unpaired) electrons.